The van der Waals surface area contributed by atoms with Gasteiger partial charge >= 0.3 is 0 Å². The molecule has 2 saturated carbocycles. The maximum absolute atomic E-state index is 4.96. The Morgan fingerprint density at radius 2 is 2.13 bits per heavy atom. The molecule has 2 aliphatic carbocycles. The third-order valence-corrected chi connectivity index (χ3v) is 4.49. The molecule has 0 N–H and O–H groups in total. The minimum Gasteiger partial charge on any atom is -0.272 e. The highest BCUT2D eigenvalue weighted by molar-refractivity contribution is 6.45. The molecule has 0 aromatic heterocycles. The van der Waals surface area contributed by atoms with E-state index in [0.717, 1.165) is 18.4 Å². The van der Waals surface area contributed by atoms with Gasteiger partial charge in [0.15, 0.2) is 0 Å². The highest BCUT2D eigenvalue weighted by Gasteiger charge is 2.43. The molecule has 80 valence electrons. The van der Waals surface area contributed by atoms with Crippen molar-refractivity contribution in [2.24, 2.45) is 21.9 Å². The summed E-state index contributed by atoms with van der Waals surface area (Å²) in [7, 11) is 0. The zero-order chi connectivity index (χ0) is 9.83. The van der Waals surface area contributed by atoms with Crippen LogP contribution in [0.3, 0.4) is 0 Å². The van der Waals surface area contributed by atoms with Gasteiger partial charge in [-0.15, -0.1) is 0 Å². The molecule has 0 aromatic rings. The van der Waals surface area contributed by atoms with Gasteiger partial charge < -0.3 is 0 Å². The molecule has 1 saturated heterocycles. The second kappa shape index (κ2) is 2.83. The largest absolute Gasteiger partial charge is 0.272 e. The molecule has 3 atom stereocenters. The van der Waals surface area contributed by atoms with Crippen molar-refractivity contribution in [1.29, 1.82) is 0 Å². The maximum Gasteiger partial charge on any atom is 0.137 e. The normalized spacial score (nSPS) is 42.1. The monoisotopic (exact) mass is 203 g/mol. The fraction of sp³-hybridized carbons (Fsp3) is 0.833. The molecular weight excluding hydrogens is 186 g/mol. The lowest BCUT2D eigenvalue weighted by molar-refractivity contribution is 0.270. The van der Waals surface area contributed by atoms with E-state index >= 15 is 0 Å². The number of hydrazone groups is 1. The van der Waals surface area contributed by atoms with Crippen LogP contribution in [0.2, 0.25) is 0 Å². The van der Waals surface area contributed by atoms with Crippen LogP contribution in [-0.2, 0) is 0 Å². The number of aliphatic imine (C=N–C) groups is 1. The van der Waals surface area contributed by atoms with Gasteiger partial charge in [0.1, 0.15) is 6.17 Å². The molecule has 3 heteroatoms. The van der Waals surface area contributed by atoms with Crippen molar-refractivity contribution in [1.82, 2.24) is 5.01 Å². The Morgan fingerprint density at radius 3 is 3.13 bits per heavy atom. The van der Waals surface area contributed by atoms with Crippen LogP contribution in [0.25, 0.3) is 0 Å². The SMILES string of the molecule is C1CC2CC3=NN4CCCC4N=C3C2C1. The van der Waals surface area contributed by atoms with E-state index in [1.54, 1.807) is 0 Å². The highest BCUT2D eigenvalue weighted by atomic mass is 15.5. The van der Waals surface area contributed by atoms with E-state index in [1.165, 1.54) is 49.9 Å². The zero-order valence-electron chi connectivity index (χ0n) is 9.02. The van der Waals surface area contributed by atoms with Crippen LogP contribution < -0.4 is 0 Å². The van der Waals surface area contributed by atoms with E-state index < -0.39 is 0 Å². The van der Waals surface area contributed by atoms with E-state index in [1.807, 2.05) is 0 Å². The number of hydrogen-bond donors (Lipinski definition) is 0. The van der Waals surface area contributed by atoms with E-state index in [-0.39, 0.29) is 0 Å². The first-order valence-electron chi connectivity index (χ1n) is 6.34. The van der Waals surface area contributed by atoms with Gasteiger partial charge in [0, 0.05) is 12.5 Å². The molecule has 3 nitrogen and oxygen atoms in total. The number of fused-ring (bicyclic) bond motifs is 4. The van der Waals surface area contributed by atoms with Gasteiger partial charge in [-0.05, 0) is 38.0 Å². The van der Waals surface area contributed by atoms with Gasteiger partial charge in [-0.25, -0.2) is 0 Å². The summed E-state index contributed by atoms with van der Waals surface area (Å²) in [5, 5.41) is 7.03. The van der Waals surface area contributed by atoms with Gasteiger partial charge in [-0.2, -0.15) is 5.10 Å². The average Bonchev–Trinajstić information content (AvgIpc) is 2.86. The van der Waals surface area contributed by atoms with Crippen molar-refractivity contribution in [3.8, 4) is 0 Å². The van der Waals surface area contributed by atoms with E-state index in [2.05, 4.69) is 5.01 Å². The van der Waals surface area contributed by atoms with Gasteiger partial charge in [-0.1, -0.05) is 6.42 Å². The fourth-order valence-corrected chi connectivity index (χ4v) is 3.77. The first kappa shape index (κ1) is 8.31. The molecule has 0 spiro atoms. The minimum atomic E-state index is 0.406. The molecule has 3 fully saturated rings. The van der Waals surface area contributed by atoms with Gasteiger partial charge in [0.25, 0.3) is 0 Å². The number of hydrogen-bond acceptors (Lipinski definition) is 3. The van der Waals surface area contributed by atoms with Crippen molar-refractivity contribution < 1.29 is 0 Å². The summed E-state index contributed by atoms with van der Waals surface area (Å²) in [5.41, 5.74) is 2.74. The molecule has 15 heavy (non-hydrogen) atoms. The molecule has 4 aliphatic rings. The third-order valence-electron chi connectivity index (χ3n) is 4.49. The number of rotatable bonds is 0. The molecule has 4 rings (SSSR count). The standard InChI is InChI=1S/C12H17N3/c1-3-8-7-10-12(9(8)4-1)13-11-5-2-6-15(11)14-10/h8-9,11H,1-7H2. The molecular formula is C12H17N3. The Hall–Kier alpha value is -0.860. The summed E-state index contributed by atoms with van der Waals surface area (Å²) >= 11 is 0. The molecule has 3 unspecified atom stereocenters. The Balaban J connectivity index is 1.73. The van der Waals surface area contributed by atoms with Crippen LogP contribution in [0.15, 0.2) is 10.1 Å². The minimum absolute atomic E-state index is 0.406. The van der Waals surface area contributed by atoms with Crippen LogP contribution in [0.4, 0.5) is 0 Å². The summed E-state index contributed by atoms with van der Waals surface area (Å²) in [5.74, 6) is 1.68. The molecule has 0 aromatic carbocycles. The molecule has 2 aliphatic heterocycles. The van der Waals surface area contributed by atoms with Gasteiger partial charge in [-0.3, -0.25) is 10.0 Å². The average molecular weight is 203 g/mol. The molecule has 0 bridgehead atoms. The first-order valence-corrected chi connectivity index (χ1v) is 6.34. The topological polar surface area (TPSA) is 28.0 Å². The van der Waals surface area contributed by atoms with Crippen molar-refractivity contribution >= 4 is 11.4 Å². The van der Waals surface area contributed by atoms with Crippen molar-refractivity contribution in [3.05, 3.63) is 0 Å². The summed E-state index contributed by atoms with van der Waals surface area (Å²) in [6.45, 7) is 1.13. The lowest BCUT2D eigenvalue weighted by Crippen LogP contribution is -2.32. The predicted molar refractivity (Wildman–Crippen MR) is 60.0 cm³/mol. The first-order chi connectivity index (χ1) is 7.42. The zero-order valence-corrected chi connectivity index (χ0v) is 9.02. The van der Waals surface area contributed by atoms with E-state index in [0.29, 0.717) is 6.17 Å². The number of nitrogens with zero attached hydrogens (tertiary/aromatic N) is 3. The van der Waals surface area contributed by atoms with Crippen molar-refractivity contribution in [2.45, 2.75) is 44.7 Å². The molecule has 2 heterocycles. The molecule has 0 amide bonds. The van der Waals surface area contributed by atoms with Crippen LogP contribution in [0.1, 0.15) is 38.5 Å². The summed E-state index contributed by atoms with van der Waals surface area (Å²) in [4.78, 5) is 4.96. The van der Waals surface area contributed by atoms with E-state index in [9.17, 15) is 0 Å². The fourth-order valence-electron chi connectivity index (χ4n) is 3.77. The smallest absolute Gasteiger partial charge is 0.137 e. The van der Waals surface area contributed by atoms with Crippen LogP contribution in [-0.4, -0.2) is 29.1 Å². The Morgan fingerprint density at radius 1 is 1.13 bits per heavy atom. The quantitative estimate of drug-likeness (QED) is 0.592. The summed E-state index contributed by atoms with van der Waals surface area (Å²) in [6.07, 6.45) is 8.30. The van der Waals surface area contributed by atoms with Crippen LogP contribution >= 0.6 is 0 Å². The Bertz CT molecular complexity index is 358. The van der Waals surface area contributed by atoms with E-state index in [4.69, 9.17) is 10.1 Å². The second-order valence-electron chi connectivity index (χ2n) is 5.35. The van der Waals surface area contributed by atoms with Gasteiger partial charge in [0.05, 0.1) is 11.4 Å². The third kappa shape index (κ3) is 1.06. The van der Waals surface area contributed by atoms with Crippen molar-refractivity contribution in [2.75, 3.05) is 6.54 Å². The summed E-state index contributed by atoms with van der Waals surface area (Å²) in [6, 6.07) is 0. The van der Waals surface area contributed by atoms with Crippen LogP contribution in [0, 0.1) is 11.8 Å². The molecule has 0 radical (unpaired) electrons. The Labute approximate surface area is 90.3 Å². The maximum atomic E-state index is 4.96. The Kier molecular flexibility index (Phi) is 1.57. The lowest BCUT2D eigenvalue weighted by atomic mass is 9.99. The van der Waals surface area contributed by atoms with Gasteiger partial charge in [0.2, 0.25) is 0 Å². The van der Waals surface area contributed by atoms with Crippen molar-refractivity contribution in [3.63, 3.8) is 0 Å². The summed E-state index contributed by atoms with van der Waals surface area (Å²) < 4.78 is 0. The predicted octanol–water partition coefficient (Wildman–Crippen LogP) is 2.04. The highest BCUT2D eigenvalue weighted by Crippen LogP contribution is 2.43. The second-order valence-corrected chi connectivity index (χ2v) is 5.35. The van der Waals surface area contributed by atoms with Crippen LogP contribution in [0.5, 0.6) is 0 Å². The lowest BCUT2D eigenvalue weighted by Gasteiger charge is -2.25.